The first-order valence-corrected chi connectivity index (χ1v) is 16.0. The number of hydrogen-bond donors (Lipinski definition) is 2. The number of aromatic nitrogens is 3. The minimum atomic E-state index is -1.15. The topological polar surface area (TPSA) is 88.5 Å². The van der Waals surface area contributed by atoms with Crippen molar-refractivity contribution in [2.75, 3.05) is 23.7 Å². The zero-order valence-electron chi connectivity index (χ0n) is 23.3. The van der Waals surface area contributed by atoms with Gasteiger partial charge in [-0.05, 0) is 81.2 Å². The summed E-state index contributed by atoms with van der Waals surface area (Å²) in [5.41, 5.74) is 10.7. The molecule has 4 heterocycles. The van der Waals surface area contributed by atoms with Crippen LogP contribution in [0.2, 0.25) is 5.02 Å². The van der Waals surface area contributed by atoms with Gasteiger partial charge >= 0.3 is 0 Å². The molecule has 1 aromatic carbocycles. The number of nitrogen functional groups attached to an aromatic ring is 1. The molecule has 7 nitrogen and oxygen atoms in total. The Labute approximate surface area is 247 Å². The van der Waals surface area contributed by atoms with Gasteiger partial charge in [-0.25, -0.2) is 18.9 Å². The van der Waals surface area contributed by atoms with E-state index in [0.29, 0.717) is 10.8 Å². The van der Waals surface area contributed by atoms with Crippen LogP contribution in [0.25, 0.3) is 5.65 Å². The highest BCUT2D eigenvalue weighted by molar-refractivity contribution is 7.99. The average Bonchev–Trinajstić information content (AvgIpc) is 3.52. The van der Waals surface area contributed by atoms with Gasteiger partial charge in [0.25, 0.3) is 0 Å². The second-order valence-corrected chi connectivity index (χ2v) is 15.3. The summed E-state index contributed by atoms with van der Waals surface area (Å²) in [6, 6.07) is 12.9. The summed E-state index contributed by atoms with van der Waals surface area (Å²) < 4.78 is 18.7. The highest BCUT2D eigenvalue weighted by atomic mass is 35.5. The molecule has 1 spiro atoms. The average molecular weight is 595 g/mol. The Bertz CT molecular complexity index is 1610. The summed E-state index contributed by atoms with van der Waals surface area (Å²) in [6.07, 6.45) is 8.60. The van der Waals surface area contributed by atoms with E-state index in [4.69, 9.17) is 22.3 Å². The molecule has 6 rings (SSSR count). The van der Waals surface area contributed by atoms with Crippen molar-refractivity contribution >= 4 is 51.6 Å². The normalized spacial score (nSPS) is 19.3. The fourth-order valence-corrected chi connectivity index (χ4v) is 8.25. The Morgan fingerprint density at radius 1 is 1.15 bits per heavy atom. The summed E-state index contributed by atoms with van der Waals surface area (Å²) in [4.78, 5) is 13.2. The number of anilines is 2. The number of nitrogens with one attached hydrogen (secondary N) is 1. The minimum Gasteiger partial charge on any atom is -0.382 e. The highest BCUT2D eigenvalue weighted by Gasteiger charge is 2.49. The van der Waals surface area contributed by atoms with Gasteiger partial charge in [0.15, 0.2) is 5.65 Å². The van der Waals surface area contributed by atoms with Crippen LogP contribution in [0.15, 0.2) is 64.8 Å². The van der Waals surface area contributed by atoms with E-state index in [2.05, 4.69) is 56.3 Å². The molecule has 2 atom stereocenters. The number of halogens is 1. The van der Waals surface area contributed by atoms with Gasteiger partial charge in [0, 0.05) is 36.6 Å². The van der Waals surface area contributed by atoms with Crippen LogP contribution in [0.1, 0.15) is 56.3 Å². The van der Waals surface area contributed by atoms with Gasteiger partial charge < -0.3 is 10.6 Å². The van der Waals surface area contributed by atoms with Crippen molar-refractivity contribution in [3.8, 4) is 0 Å². The number of nitrogens with two attached hydrogens (primary N) is 1. The molecule has 2 aliphatic rings. The van der Waals surface area contributed by atoms with E-state index in [0.717, 1.165) is 59.2 Å². The van der Waals surface area contributed by atoms with Crippen LogP contribution < -0.4 is 15.4 Å². The first-order chi connectivity index (χ1) is 19.1. The summed E-state index contributed by atoms with van der Waals surface area (Å²) in [5.74, 6) is 1.47. The second kappa shape index (κ2) is 10.4. The molecule has 1 fully saturated rings. The zero-order chi connectivity index (χ0) is 28.2. The number of benzene rings is 1. The summed E-state index contributed by atoms with van der Waals surface area (Å²) in [5, 5.41) is 0.468. The predicted molar refractivity (Wildman–Crippen MR) is 166 cm³/mol. The maximum atomic E-state index is 13.3. The van der Waals surface area contributed by atoms with Crippen LogP contribution in [-0.4, -0.2) is 36.4 Å². The zero-order valence-corrected chi connectivity index (χ0v) is 25.7. The Balaban J connectivity index is 1.28. The van der Waals surface area contributed by atoms with Crippen molar-refractivity contribution < 1.29 is 4.21 Å². The number of aryl methyl sites for hydroxylation is 1. The van der Waals surface area contributed by atoms with Gasteiger partial charge in [-0.1, -0.05) is 47.6 Å². The number of hydrogen-bond acceptors (Lipinski definition) is 6. The third kappa shape index (κ3) is 4.81. The van der Waals surface area contributed by atoms with Crippen molar-refractivity contribution in [3.05, 3.63) is 76.7 Å². The van der Waals surface area contributed by atoms with Crippen LogP contribution in [0, 0.1) is 12.3 Å². The van der Waals surface area contributed by atoms with Crippen LogP contribution in [0.5, 0.6) is 0 Å². The lowest BCUT2D eigenvalue weighted by molar-refractivity contribution is 0.177. The first kappa shape index (κ1) is 27.6. The van der Waals surface area contributed by atoms with E-state index in [1.165, 1.54) is 11.1 Å². The maximum absolute atomic E-state index is 13.3. The van der Waals surface area contributed by atoms with Crippen LogP contribution >= 0.6 is 23.4 Å². The van der Waals surface area contributed by atoms with Crippen LogP contribution in [0.3, 0.4) is 0 Å². The fraction of sp³-hybridized carbons (Fsp3) is 0.400. The third-order valence-corrected chi connectivity index (χ3v) is 11.6. The Kier molecular flexibility index (Phi) is 7.14. The molecule has 1 unspecified atom stereocenters. The van der Waals surface area contributed by atoms with Crippen LogP contribution in [-0.2, 0) is 17.4 Å². The molecule has 0 amide bonds. The molecular formula is C30H35ClN6OS2. The summed E-state index contributed by atoms with van der Waals surface area (Å²) >= 11 is 8.04. The molecule has 0 saturated carbocycles. The number of imidazole rings is 1. The van der Waals surface area contributed by atoms with Gasteiger partial charge in [-0.2, -0.15) is 0 Å². The molecule has 10 heteroatoms. The number of rotatable bonds is 5. The number of fused-ring (bicyclic) bond motifs is 2. The molecule has 1 saturated heterocycles. The largest absolute Gasteiger partial charge is 0.382 e. The van der Waals surface area contributed by atoms with E-state index in [1.54, 1.807) is 18.0 Å². The lowest BCUT2D eigenvalue weighted by Gasteiger charge is -2.44. The Morgan fingerprint density at radius 3 is 2.65 bits per heavy atom. The molecule has 1 aliphatic heterocycles. The quantitative estimate of drug-likeness (QED) is 0.279. The van der Waals surface area contributed by atoms with E-state index in [9.17, 15) is 4.21 Å². The number of nitrogens with zero attached hydrogens (tertiary/aromatic N) is 4. The van der Waals surface area contributed by atoms with Gasteiger partial charge in [0.2, 0.25) is 0 Å². The summed E-state index contributed by atoms with van der Waals surface area (Å²) in [6.45, 7) is 10.1. The molecule has 0 bridgehead atoms. The predicted octanol–water partition coefficient (Wildman–Crippen LogP) is 6.36. The monoisotopic (exact) mass is 594 g/mol. The van der Waals surface area contributed by atoms with Crippen LogP contribution in [0.4, 0.5) is 11.6 Å². The highest BCUT2D eigenvalue weighted by Crippen LogP contribution is 2.53. The SMILES string of the molecule is Cc1cc(N2CCC3(CC2)Cc2ccccc2[C@H]3NS(=O)C(C)(C)C)n2ccnc2c1Sc1ccnc(N)c1Cl. The maximum Gasteiger partial charge on any atom is 0.152 e. The smallest absolute Gasteiger partial charge is 0.152 e. The molecular weight excluding hydrogens is 560 g/mol. The van der Waals surface area contributed by atoms with Crippen molar-refractivity contribution in [3.63, 3.8) is 0 Å². The van der Waals surface area contributed by atoms with E-state index < -0.39 is 11.0 Å². The van der Waals surface area contributed by atoms with Crippen molar-refractivity contribution in [2.24, 2.45) is 5.41 Å². The van der Waals surface area contributed by atoms with Crippen molar-refractivity contribution in [1.82, 2.24) is 19.1 Å². The fourth-order valence-electron chi connectivity index (χ4n) is 6.07. The number of pyridine rings is 2. The van der Waals surface area contributed by atoms with Crippen molar-refractivity contribution in [1.29, 1.82) is 0 Å². The second-order valence-electron chi connectivity index (χ2n) is 11.9. The minimum absolute atomic E-state index is 0.0397. The lowest BCUT2D eigenvalue weighted by Crippen LogP contribution is -2.48. The summed E-state index contributed by atoms with van der Waals surface area (Å²) in [7, 11) is -1.15. The molecule has 3 N–H and O–H groups in total. The van der Waals surface area contributed by atoms with Gasteiger partial charge in [-0.3, -0.25) is 4.40 Å². The molecule has 3 aromatic heterocycles. The Morgan fingerprint density at radius 2 is 1.90 bits per heavy atom. The number of piperidine rings is 1. The van der Waals surface area contributed by atoms with E-state index in [-0.39, 0.29) is 16.2 Å². The van der Waals surface area contributed by atoms with E-state index >= 15 is 0 Å². The molecule has 4 aromatic rings. The molecule has 0 radical (unpaired) electrons. The molecule has 210 valence electrons. The Hall–Kier alpha value is -2.59. The van der Waals surface area contributed by atoms with E-state index in [1.807, 2.05) is 39.2 Å². The van der Waals surface area contributed by atoms with Crippen molar-refractivity contribution in [2.45, 2.75) is 67.5 Å². The first-order valence-electron chi connectivity index (χ1n) is 13.6. The van der Waals surface area contributed by atoms with Gasteiger partial charge in [0.1, 0.15) is 11.6 Å². The van der Waals surface area contributed by atoms with Gasteiger partial charge in [-0.15, -0.1) is 0 Å². The third-order valence-electron chi connectivity index (χ3n) is 8.27. The standard InChI is InChI=1S/C30H35ClN6OS2/c1-19-17-23(37-16-13-34-28(37)25(19)39-22-9-12-33-27(32)24(22)31)36-14-10-30(11-15-36)18-20-7-5-6-8-21(20)26(30)35-40(38)29(2,3)4/h5-9,12-13,16-17,26,35H,10-11,14-15,18H2,1-4H3,(H2,32,33)/t26-,40?/m1/s1. The lowest BCUT2D eigenvalue weighted by atomic mass is 9.73. The van der Waals surface area contributed by atoms with Gasteiger partial charge in [0.05, 0.1) is 31.7 Å². The molecule has 40 heavy (non-hydrogen) atoms. The molecule has 1 aliphatic carbocycles.